The zero-order chi connectivity index (χ0) is 27.2. The Bertz CT molecular complexity index is 1480. The molecule has 10 heteroatoms. The van der Waals surface area contributed by atoms with Crippen LogP contribution in [0.2, 0.25) is 10.0 Å². The molecule has 0 fully saturated rings. The van der Waals surface area contributed by atoms with Crippen LogP contribution in [0.5, 0.6) is 5.75 Å². The van der Waals surface area contributed by atoms with Gasteiger partial charge in [0.05, 0.1) is 27.1 Å². The summed E-state index contributed by atoms with van der Waals surface area (Å²) in [7, 11) is 0. The second kappa shape index (κ2) is 12.8. The molecule has 1 heterocycles. The van der Waals surface area contributed by atoms with Crippen LogP contribution < -0.4 is 4.74 Å². The fourth-order valence-electron chi connectivity index (χ4n) is 3.40. The minimum absolute atomic E-state index is 0.0145. The largest absolute Gasteiger partial charge is 0.506 e. The summed E-state index contributed by atoms with van der Waals surface area (Å²) in [6.07, 6.45) is 1.64. The van der Waals surface area contributed by atoms with Gasteiger partial charge in [0, 0.05) is 3.57 Å². The molecule has 1 amide bonds. The summed E-state index contributed by atoms with van der Waals surface area (Å²) < 4.78 is 12.1. The van der Waals surface area contributed by atoms with E-state index in [1.54, 1.807) is 49.4 Å². The maximum absolute atomic E-state index is 12.8. The van der Waals surface area contributed by atoms with Crippen molar-refractivity contribution in [3.05, 3.63) is 113 Å². The predicted molar refractivity (Wildman–Crippen MR) is 160 cm³/mol. The number of halogens is 3. The van der Waals surface area contributed by atoms with Gasteiger partial charge in [0.25, 0.3) is 5.91 Å². The number of ether oxygens (including phenoxy) is 2. The van der Waals surface area contributed by atoms with Crippen LogP contribution >= 0.6 is 57.6 Å². The number of thioether (sulfide) groups is 1. The minimum atomic E-state index is -0.788. The molecule has 0 radical (unpaired) electrons. The summed E-state index contributed by atoms with van der Waals surface area (Å²) in [5.74, 6) is -1.27. The highest BCUT2D eigenvalue weighted by molar-refractivity contribution is 14.1. The SMILES string of the molecule is CCOC(=O)C1=C(O)/C(=C/c2ccc(OCc3ccc(I)cc3)c(Cl)c2)SC1=NC(=O)c1ccccc1Cl. The lowest BCUT2D eigenvalue weighted by Gasteiger charge is -2.09. The second-order valence-electron chi connectivity index (χ2n) is 7.86. The number of carbonyl (C=O) groups excluding carboxylic acids is 2. The first-order chi connectivity index (χ1) is 18.3. The number of carbonyl (C=O) groups is 2. The molecule has 4 rings (SSSR count). The van der Waals surface area contributed by atoms with Crippen LogP contribution in [0.3, 0.4) is 0 Å². The molecule has 0 aliphatic carbocycles. The number of hydrogen-bond donors (Lipinski definition) is 1. The first kappa shape index (κ1) is 28.2. The van der Waals surface area contributed by atoms with Crippen LogP contribution in [0.25, 0.3) is 6.08 Å². The molecule has 0 aromatic heterocycles. The number of esters is 1. The highest BCUT2D eigenvalue weighted by Gasteiger charge is 2.34. The Hall–Kier alpha value is -2.79. The first-order valence-electron chi connectivity index (χ1n) is 11.3. The first-order valence-corrected chi connectivity index (χ1v) is 14.0. The van der Waals surface area contributed by atoms with Crippen LogP contribution in [-0.2, 0) is 16.1 Å². The molecule has 0 saturated heterocycles. The summed E-state index contributed by atoms with van der Waals surface area (Å²) >= 11 is 15.8. The van der Waals surface area contributed by atoms with E-state index in [0.717, 1.165) is 20.9 Å². The number of hydrogen-bond acceptors (Lipinski definition) is 6. The summed E-state index contributed by atoms with van der Waals surface area (Å²) in [5.41, 5.74) is 1.64. The molecular weight excluding hydrogens is 660 g/mol. The van der Waals surface area contributed by atoms with Gasteiger partial charge in [0.15, 0.2) is 0 Å². The molecular formula is C28H20Cl2INO5S. The molecule has 3 aromatic rings. The standard InChI is InChI=1S/C28H20Cl2INO5S/c1-2-36-28(35)24-25(33)23(38-27(24)32-26(34)19-5-3-4-6-20(19)29)14-17-9-12-22(21(30)13-17)37-15-16-7-10-18(31)11-8-16/h3-14,33H,2,15H2,1H3/b23-14-,32-27?. The average Bonchev–Trinajstić information content (AvgIpc) is 3.19. The molecule has 0 saturated carbocycles. The smallest absolute Gasteiger partial charge is 0.344 e. The van der Waals surface area contributed by atoms with E-state index in [9.17, 15) is 14.7 Å². The minimum Gasteiger partial charge on any atom is -0.506 e. The molecule has 0 atom stereocenters. The highest BCUT2D eigenvalue weighted by Crippen LogP contribution is 2.40. The van der Waals surface area contributed by atoms with Gasteiger partial charge in [-0.25, -0.2) is 9.79 Å². The third kappa shape index (κ3) is 6.79. The molecule has 38 heavy (non-hydrogen) atoms. The van der Waals surface area contributed by atoms with Crippen LogP contribution in [-0.4, -0.2) is 28.6 Å². The maximum Gasteiger partial charge on any atom is 0.344 e. The lowest BCUT2D eigenvalue weighted by Crippen LogP contribution is -2.14. The van der Waals surface area contributed by atoms with E-state index in [0.29, 0.717) is 27.8 Å². The van der Waals surface area contributed by atoms with Crippen LogP contribution in [0, 0.1) is 3.57 Å². The highest BCUT2D eigenvalue weighted by atomic mass is 127. The molecule has 0 spiro atoms. The van der Waals surface area contributed by atoms with E-state index < -0.39 is 11.9 Å². The summed E-state index contributed by atoms with van der Waals surface area (Å²) in [6.45, 7) is 2.09. The van der Waals surface area contributed by atoms with E-state index in [1.807, 2.05) is 24.3 Å². The molecule has 3 aromatic carbocycles. The Balaban J connectivity index is 1.59. The number of nitrogens with zero attached hydrogens (tertiary/aromatic N) is 1. The number of amides is 1. The Kier molecular flexibility index (Phi) is 9.54. The van der Waals surface area contributed by atoms with Gasteiger partial charge in [-0.1, -0.05) is 65.3 Å². The number of aliphatic imine (C=N–C) groups is 1. The molecule has 0 unspecified atom stereocenters. The number of aliphatic hydroxyl groups excluding tert-OH is 1. The number of rotatable bonds is 7. The van der Waals surface area contributed by atoms with Gasteiger partial charge in [-0.05, 0) is 83.1 Å². The summed E-state index contributed by atoms with van der Waals surface area (Å²) in [4.78, 5) is 29.8. The van der Waals surface area contributed by atoms with E-state index in [2.05, 4.69) is 27.6 Å². The van der Waals surface area contributed by atoms with Crippen molar-refractivity contribution < 1.29 is 24.2 Å². The lowest BCUT2D eigenvalue weighted by atomic mass is 10.1. The number of benzene rings is 3. The molecule has 1 N–H and O–H groups in total. The van der Waals surface area contributed by atoms with E-state index in [1.165, 1.54) is 6.07 Å². The van der Waals surface area contributed by atoms with Crippen molar-refractivity contribution >= 4 is 80.6 Å². The summed E-state index contributed by atoms with van der Waals surface area (Å²) in [5, 5.41) is 11.5. The van der Waals surface area contributed by atoms with Gasteiger partial charge in [0.2, 0.25) is 0 Å². The van der Waals surface area contributed by atoms with Crippen molar-refractivity contribution in [2.75, 3.05) is 6.61 Å². The fourth-order valence-corrected chi connectivity index (χ4v) is 5.23. The van der Waals surface area contributed by atoms with Gasteiger partial charge < -0.3 is 14.6 Å². The van der Waals surface area contributed by atoms with Crippen molar-refractivity contribution in [1.82, 2.24) is 0 Å². The van der Waals surface area contributed by atoms with Crippen LogP contribution in [0.1, 0.15) is 28.4 Å². The topological polar surface area (TPSA) is 85.2 Å². The van der Waals surface area contributed by atoms with Crippen molar-refractivity contribution in [1.29, 1.82) is 0 Å². The van der Waals surface area contributed by atoms with E-state index >= 15 is 0 Å². The Labute approximate surface area is 247 Å². The fraction of sp³-hybridized carbons (Fsp3) is 0.107. The van der Waals surface area contributed by atoms with Gasteiger partial charge >= 0.3 is 5.97 Å². The van der Waals surface area contributed by atoms with Crippen molar-refractivity contribution in [3.63, 3.8) is 0 Å². The van der Waals surface area contributed by atoms with E-state index in [-0.39, 0.29) is 33.6 Å². The summed E-state index contributed by atoms with van der Waals surface area (Å²) in [6, 6.07) is 19.6. The molecule has 1 aliphatic rings. The average molecular weight is 680 g/mol. The Morgan fingerprint density at radius 2 is 1.79 bits per heavy atom. The molecule has 6 nitrogen and oxygen atoms in total. The number of aliphatic hydroxyl groups is 1. The maximum atomic E-state index is 12.8. The van der Waals surface area contributed by atoms with Crippen molar-refractivity contribution in [3.8, 4) is 5.75 Å². The Morgan fingerprint density at radius 1 is 1.05 bits per heavy atom. The predicted octanol–water partition coefficient (Wildman–Crippen LogP) is 7.88. The quantitative estimate of drug-likeness (QED) is 0.202. The van der Waals surface area contributed by atoms with Crippen molar-refractivity contribution in [2.24, 2.45) is 4.99 Å². The van der Waals surface area contributed by atoms with Crippen molar-refractivity contribution in [2.45, 2.75) is 13.5 Å². The van der Waals surface area contributed by atoms with Gasteiger partial charge in [0.1, 0.15) is 28.7 Å². The molecule has 194 valence electrons. The third-order valence-corrected chi connectivity index (χ3v) is 7.60. The second-order valence-corrected chi connectivity index (χ2v) is 11.0. The zero-order valence-corrected chi connectivity index (χ0v) is 24.4. The lowest BCUT2D eigenvalue weighted by molar-refractivity contribution is -0.138. The van der Waals surface area contributed by atoms with Gasteiger partial charge in [-0.3, -0.25) is 4.79 Å². The molecule has 0 bridgehead atoms. The monoisotopic (exact) mass is 679 g/mol. The van der Waals surface area contributed by atoms with Gasteiger partial charge in [-0.2, -0.15) is 0 Å². The third-order valence-electron chi connectivity index (χ3n) is 5.24. The normalized spacial score (nSPS) is 15.3. The Morgan fingerprint density at radius 3 is 2.47 bits per heavy atom. The molecule has 1 aliphatic heterocycles. The van der Waals surface area contributed by atoms with Crippen LogP contribution in [0.15, 0.2) is 88.0 Å². The van der Waals surface area contributed by atoms with E-state index in [4.69, 9.17) is 32.7 Å². The van der Waals surface area contributed by atoms with Crippen LogP contribution in [0.4, 0.5) is 0 Å². The zero-order valence-electron chi connectivity index (χ0n) is 19.9. The van der Waals surface area contributed by atoms with Gasteiger partial charge in [-0.15, -0.1) is 0 Å².